The molecule has 0 radical (unpaired) electrons. The van der Waals surface area contributed by atoms with Crippen molar-refractivity contribution in [1.82, 2.24) is 9.21 Å². The minimum atomic E-state index is -4.46. The summed E-state index contributed by atoms with van der Waals surface area (Å²) in [6.07, 6.45) is 2.86. The number of likely N-dealkylation sites (tertiary alicyclic amines) is 1. The van der Waals surface area contributed by atoms with Crippen LogP contribution in [0.4, 0.5) is 13.2 Å². The lowest BCUT2D eigenvalue weighted by atomic mass is 9.77. The van der Waals surface area contributed by atoms with Crippen LogP contribution in [0.2, 0.25) is 0 Å². The summed E-state index contributed by atoms with van der Waals surface area (Å²) in [5, 5.41) is -1.33. The van der Waals surface area contributed by atoms with Crippen molar-refractivity contribution in [2.24, 2.45) is 5.92 Å². The van der Waals surface area contributed by atoms with E-state index in [1.807, 2.05) is 0 Å². The van der Waals surface area contributed by atoms with Gasteiger partial charge in [0.15, 0.2) is 0 Å². The van der Waals surface area contributed by atoms with Crippen LogP contribution in [-0.4, -0.2) is 61.3 Å². The fraction of sp³-hybridized carbons (Fsp3) is 0.733. The summed E-state index contributed by atoms with van der Waals surface area (Å²) in [5.74, 6) is -1.08. The molecule has 1 heterocycles. The van der Waals surface area contributed by atoms with E-state index in [1.165, 1.54) is 41.1 Å². The van der Waals surface area contributed by atoms with Crippen molar-refractivity contribution in [3.63, 3.8) is 0 Å². The molecule has 214 valence electrons. The Morgan fingerprint density at radius 2 is 1.76 bits per heavy atom. The molecule has 4 nitrogen and oxygen atoms in total. The second-order valence-electron chi connectivity index (χ2n) is 11.7. The van der Waals surface area contributed by atoms with Gasteiger partial charge in [0.05, 0.1) is 11.2 Å². The molecule has 3 atom stereocenters. The van der Waals surface area contributed by atoms with Crippen LogP contribution in [0.3, 0.4) is 0 Å². The number of rotatable bonds is 9. The maximum Gasteiger partial charge on any atom is 0.393 e. The normalized spacial score (nSPS) is 27.6. The van der Waals surface area contributed by atoms with Crippen LogP contribution in [0.15, 0.2) is 35.4 Å². The van der Waals surface area contributed by atoms with Crippen molar-refractivity contribution < 1.29 is 21.6 Å². The predicted octanol–water partition coefficient (Wildman–Crippen LogP) is 7.21. The lowest BCUT2D eigenvalue weighted by molar-refractivity contribution is -0.180. The van der Waals surface area contributed by atoms with Gasteiger partial charge < -0.3 is 0 Å². The van der Waals surface area contributed by atoms with Crippen LogP contribution in [0.25, 0.3) is 0 Å². The molecule has 2 aliphatic carbocycles. The Bertz CT molecular complexity index is 1080. The molecule has 1 aliphatic heterocycles. The van der Waals surface area contributed by atoms with Crippen molar-refractivity contribution in [2.75, 3.05) is 26.2 Å². The van der Waals surface area contributed by atoms with E-state index in [4.69, 9.17) is 0 Å². The van der Waals surface area contributed by atoms with Crippen LogP contribution in [0.1, 0.15) is 95.1 Å². The van der Waals surface area contributed by atoms with Gasteiger partial charge in [-0.2, -0.15) is 13.2 Å². The topological polar surface area (TPSA) is 40.6 Å². The Hall–Kier alpha value is -1.38. The smallest absolute Gasteiger partial charge is 0.293 e. The first-order valence-electron chi connectivity index (χ1n) is 14.6. The van der Waals surface area contributed by atoms with Gasteiger partial charge in [0.1, 0.15) is 0 Å². The van der Waals surface area contributed by atoms with Crippen LogP contribution >= 0.6 is 0 Å². The third-order valence-corrected chi connectivity index (χ3v) is 11.8. The van der Waals surface area contributed by atoms with E-state index in [1.54, 1.807) is 18.1 Å². The van der Waals surface area contributed by atoms with Crippen molar-refractivity contribution in [1.29, 1.82) is 0 Å². The molecule has 0 N–H and O–H groups in total. The quantitative estimate of drug-likeness (QED) is 0.239. The minimum Gasteiger partial charge on any atom is -0.293 e. The van der Waals surface area contributed by atoms with Crippen LogP contribution in [-0.2, 0) is 10.0 Å². The third kappa shape index (κ3) is 6.67. The summed E-state index contributed by atoms with van der Waals surface area (Å²) in [6, 6.07) is 9.34. The van der Waals surface area contributed by atoms with Crippen LogP contribution < -0.4 is 0 Å². The van der Waals surface area contributed by atoms with Crippen LogP contribution in [0.5, 0.6) is 0 Å². The molecule has 3 aliphatic rings. The lowest BCUT2D eigenvalue weighted by Gasteiger charge is -2.44. The number of hydrogen-bond donors (Lipinski definition) is 0. The van der Waals surface area contributed by atoms with Gasteiger partial charge in [0.2, 0.25) is 10.0 Å². The summed E-state index contributed by atoms with van der Waals surface area (Å²) >= 11 is 0. The molecule has 0 aromatic heterocycles. The molecule has 1 aromatic carbocycles. The van der Waals surface area contributed by atoms with Gasteiger partial charge >= 0.3 is 6.18 Å². The summed E-state index contributed by atoms with van der Waals surface area (Å²) < 4.78 is 68.3. The van der Waals surface area contributed by atoms with Gasteiger partial charge in [0.25, 0.3) is 0 Å². The highest BCUT2D eigenvalue weighted by atomic mass is 32.2. The number of unbranched alkanes of at least 4 members (excludes halogenated alkanes) is 1. The second-order valence-corrected chi connectivity index (χ2v) is 13.8. The lowest BCUT2D eigenvalue weighted by Crippen LogP contribution is -2.50. The third-order valence-electron chi connectivity index (χ3n) is 9.30. The maximum atomic E-state index is 13.6. The number of allylic oxidation sites excluding steroid dienone is 1. The van der Waals surface area contributed by atoms with Gasteiger partial charge in [-0.3, -0.25) is 4.90 Å². The number of alkyl halides is 3. The maximum absolute atomic E-state index is 13.6. The Morgan fingerprint density at radius 1 is 1.05 bits per heavy atom. The monoisotopic (exact) mass is 554 g/mol. The Morgan fingerprint density at radius 3 is 2.39 bits per heavy atom. The van der Waals surface area contributed by atoms with Gasteiger partial charge in [-0.25, -0.2) is 12.7 Å². The molecule has 0 bridgehead atoms. The predicted molar refractivity (Wildman–Crippen MR) is 148 cm³/mol. The number of hydrogen-bond acceptors (Lipinski definition) is 3. The molecule has 1 aromatic rings. The largest absolute Gasteiger partial charge is 0.393 e. The van der Waals surface area contributed by atoms with Gasteiger partial charge in [0, 0.05) is 25.7 Å². The highest BCUT2D eigenvalue weighted by Gasteiger charge is 2.51. The Labute approximate surface area is 227 Å². The molecule has 3 fully saturated rings. The highest BCUT2D eigenvalue weighted by molar-refractivity contribution is 7.89. The highest BCUT2D eigenvalue weighted by Crippen LogP contribution is 2.42. The van der Waals surface area contributed by atoms with E-state index < -0.39 is 27.4 Å². The molecule has 8 heteroatoms. The van der Waals surface area contributed by atoms with E-state index in [0.717, 1.165) is 19.5 Å². The molecule has 4 rings (SSSR count). The molecule has 3 unspecified atom stereocenters. The Balaban J connectivity index is 1.23. The SMILES string of the molecule is CCN(CCCCN1CC(=C2CCC(c3cccc(C)c3)CC2)C1C)S(=O)(=O)C1CCCCC1C(F)(F)F. The van der Waals surface area contributed by atoms with E-state index >= 15 is 0 Å². The fourth-order valence-electron chi connectivity index (χ4n) is 6.91. The zero-order valence-corrected chi connectivity index (χ0v) is 24.1. The average Bonchev–Trinajstić information content (AvgIpc) is 2.89. The summed E-state index contributed by atoms with van der Waals surface area (Å²) in [5.41, 5.74) is 6.01. The number of benzene rings is 1. The molecule has 0 spiro atoms. The summed E-state index contributed by atoms with van der Waals surface area (Å²) in [4.78, 5) is 2.45. The van der Waals surface area contributed by atoms with Crippen LogP contribution in [0, 0.1) is 12.8 Å². The summed E-state index contributed by atoms with van der Waals surface area (Å²) in [6.45, 7) is 8.57. The zero-order valence-electron chi connectivity index (χ0n) is 23.3. The Kier molecular flexibility index (Phi) is 9.68. The van der Waals surface area contributed by atoms with Crippen molar-refractivity contribution >= 4 is 10.0 Å². The van der Waals surface area contributed by atoms with Crippen molar-refractivity contribution in [2.45, 2.75) is 108 Å². The van der Waals surface area contributed by atoms with Gasteiger partial charge in [-0.1, -0.05) is 55.2 Å². The van der Waals surface area contributed by atoms with E-state index in [2.05, 4.69) is 43.0 Å². The minimum absolute atomic E-state index is 0.0811. The number of aryl methyl sites for hydroxylation is 1. The fourth-order valence-corrected chi connectivity index (χ4v) is 9.20. The second kappa shape index (κ2) is 12.4. The van der Waals surface area contributed by atoms with Crippen molar-refractivity contribution in [3.05, 3.63) is 46.5 Å². The van der Waals surface area contributed by atoms with Crippen molar-refractivity contribution in [3.8, 4) is 0 Å². The molecule has 38 heavy (non-hydrogen) atoms. The summed E-state index contributed by atoms with van der Waals surface area (Å²) in [7, 11) is -3.97. The first kappa shape index (κ1) is 29.6. The first-order valence-corrected chi connectivity index (χ1v) is 16.1. The molecule has 1 saturated heterocycles. The average molecular weight is 555 g/mol. The molecular weight excluding hydrogens is 509 g/mol. The number of halogens is 3. The molecule has 2 saturated carbocycles. The molecule has 0 amide bonds. The van der Waals surface area contributed by atoms with E-state index in [9.17, 15) is 21.6 Å². The van der Waals surface area contributed by atoms with E-state index in [0.29, 0.717) is 37.8 Å². The molecular formula is C30H45F3N2O2S. The zero-order chi connectivity index (χ0) is 27.5. The van der Waals surface area contributed by atoms with Gasteiger partial charge in [-0.05, 0) is 88.8 Å². The van der Waals surface area contributed by atoms with E-state index in [-0.39, 0.29) is 19.4 Å². The van der Waals surface area contributed by atoms with Gasteiger partial charge in [-0.15, -0.1) is 0 Å². The first-order chi connectivity index (χ1) is 18.0. The standard InChI is InChI=1S/C30H45F3N2O2S/c1-4-35(38(36,37)29-13-6-5-12-28(29)30(31,32)33)19-8-7-18-34-21-27(23(34)3)25-16-14-24(15-17-25)26-11-9-10-22(2)20-26/h9-11,20,23-24,28-29H,4-8,12-19,21H2,1-3H3. The number of sulfonamides is 1. The number of nitrogens with zero attached hydrogens (tertiary/aromatic N) is 2.